The summed E-state index contributed by atoms with van der Waals surface area (Å²) in [4.78, 5) is 25.9. The first-order chi connectivity index (χ1) is 11.2. The maximum Gasteiger partial charge on any atom is 0.348 e. The van der Waals surface area contributed by atoms with Gasteiger partial charge in [0.15, 0.2) is 0 Å². The van der Waals surface area contributed by atoms with E-state index in [0.717, 1.165) is 43.4 Å². The van der Waals surface area contributed by atoms with Crippen molar-refractivity contribution >= 4 is 23.3 Å². The van der Waals surface area contributed by atoms with E-state index in [4.69, 9.17) is 4.74 Å². The average molecular weight is 336 g/mol. The minimum atomic E-state index is -0.176. The SMILES string of the molecule is CCNC(=O)NC1CCC(OC(=O)c2cc3c(s2)CCC3)CC1. The summed E-state index contributed by atoms with van der Waals surface area (Å²) in [5.41, 5.74) is 1.33. The number of hydrogen-bond acceptors (Lipinski definition) is 4. The Bertz CT molecular complexity index is 555. The van der Waals surface area contributed by atoms with Crippen LogP contribution in [0.1, 0.15) is 59.1 Å². The molecule has 0 unspecified atom stereocenters. The number of carbonyl (C=O) groups is 2. The average Bonchev–Trinajstić information content (AvgIpc) is 3.11. The van der Waals surface area contributed by atoms with E-state index in [1.54, 1.807) is 11.3 Å². The lowest BCUT2D eigenvalue weighted by atomic mass is 9.93. The molecule has 0 aromatic carbocycles. The monoisotopic (exact) mass is 336 g/mol. The van der Waals surface area contributed by atoms with Gasteiger partial charge in [-0.15, -0.1) is 11.3 Å². The summed E-state index contributed by atoms with van der Waals surface area (Å²) in [5.74, 6) is -0.176. The molecule has 1 heterocycles. The Morgan fingerprint density at radius 2 is 2.04 bits per heavy atom. The van der Waals surface area contributed by atoms with Crippen LogP contribution >= 0.6 is 11.3 Å². The largest absolute Gasteiger partial charge is 0.458 e. The minimum Gasteiger partial charge on any atom is -0.458 e. The van der Waals surface area contributed by atoms with E-state index in [9.17, 15) is 9.59 Å². The van der Waals surface area contributed by atoms with Crippen LogP contribution < -0.4 is 10.6 Å². The van der Waals surface area contributed by atoms with Crippen molar-refractivity contribution in [3.8, 4) is 0 Å². The number of aryl methyl sites for hydroxylation is 2. The van der Waals surface area contributed by atoms with Crippen LogP contribution in [0.25, 0.3) is 0 Å². The van der Waals surface area contributed by atoms with E-state index < -0.39 is 0 Å². The zero-order valence-electron chi connectivity index (χ0n) is 13.5. The lowest BCUT2D eigenvalue weighted by molar-refractivity contribution is 0.0194. The molecular weight excluding hydrogens is 312 g/mol. The van der Waals surface area contributed by atoms with Crippen molar-refractivity contribution in [1.29, 1.82) is 0 Å². The number of amides is 2. The van der Waals surface area contributed by atoms with Gasteiger partial charge >= 0.3 is 12.0 Å². The topological polar surface area (TPSA) is 67.4 Å². The number of esters is 1. The van der Waals surface area contributed by atoms with Crippen LogP contribution in [-0.4, -0.2) is 30.7 Å². The van der Waals surface area contributed by atoms with Crippen LogP contribution in [0.15, 0.2) is 6.07 Å². The van der Waals surface area contributed by atoms with Crippen LogP contribution in [0.5, 0.6) is 0 Å². The van der Waals surface area contributed by atoms with Gasteiger partial charge in [-0.1, -0.05) is 0 Å². The van der Waals surface area contributed by atoms with E-state index in [2.05, 4.69) is 10.6 Å². The van der Waals surface area contributed by atoms with E-state index in [1.807, 2.05) is 13.0 Å². The fourth-order valence-electron chi connectivity index (χ4n) is 3.36. The molecule has 2 aliphatic carbocycles. The Labute approximate surface area is 140 Å². The third-order valence-electron chi connectivity index (χ3n) is 4.57. The Hall–Kier alpha value is -1.56. The highest BCUT2D eigenvalue weighted by Crippen LogP contribution is 2.31. The van der Waals surface area contributed by atoms with Gasteiger partial charge in [0.05, 0.1) is 0 Å². The molecule has 2 aliphatic rings. The first kappa shape index (κ1) is 16.3. The van der Waals surface area contributed by atoms with Crippen LogP contribution in [0.3, 0.4) is 0 Å². The highest BCUT2D eigenvalue weighted by Gasteiger charge is 2.26. The van der Waals surface area contributed by atoms with Crippen molar-refractivity contribution in [2.75, 3.05) is 6.54 Å². The zero-order valence-corrected chi connectivity index (χ0v) is 14.3. The van der Waals surface area contributed by atoms with Crippen LogP contribution in [-0.2, 0) is 17.6 Å². The van der Waals surface area contributed by atoms with Gasteiger partial charge in [0.2, 0.25) is 0 Å². The molecule has 5 nitrogen and oxygen atoms in total. The smallest absolute Gasteiger partial charge is 0.348 e. The van der Waals surface area contributed by atoms with Crippen molar-refractivity contribution in [1.82, 2.24) is 10.6 Å². The van der Waals surface area contributed by atoms with Gasteiger partial charge in [-0.2, -0.15) is 0 Å². The summed E-state index contributed by atoms with van der Waals surface area (Å²) in [6.45, 7) is 2.53. The van der Waals surface area contributed by atoms with Crippen molar-refractivity contribution in [3.63, 3.8) is 0 Å². The standard InChI is InChI=1S/C17H24N2O3S/c1-2-18-17(21)19-12-6-8-13(9-7-12)22-16(20)15-10-11-4-3-5-14(11)23-15/h10,12-13H,2-9H2,1H3,(H2,18,19,21). The quantitative estimate of drug-likeness (QED) is 0.831. The lowest BCUT2D eigenvalue weighted by Crippen LogP contribution is -2.44. The first-order valence-electron chi connectivity index (χ1n) is 8.52. The van der Waals surface area contributed by atoms with Crippen molar-refractivity contribution in [2.24, 2.45) is 0 Å². The second-order valence-electron chi connectivity index (χ2n) is 6.30. The molecule has 0 radical (unpaired) electrons. The molecule has 0 bridgehead atoms. The molecular formula is C17H24N2O3S. The molecule has 126 valence electrons. The van der Waals surface area contributed by atoms with E-state index in [0.29, 0.717) is 6.54 Å². The summed E-state index contributed by atoms with van der Waals surface area (Å²) in [6.07, 6.45) is 6.72. The number of nitrogens with one attached hydrogen (secondary N) is 2. The molecule has 1 fully saturated rings. The third kappa shape index (κ3) is 4.05. The first-order valence-corrected chi connectivity index (χ1v) is 9.34. The summed E-state index contributed by atoms with van der Waals surface area (Å²) < 4.78 is 5.66. The Balaban J connectivity index is 1.45. The van der Waals surface area contributed by atoms with Gasteiger partial charge < -0.3 is 15.4 Å². The predicted octanol–water partition coefficient (Wildman–Crippen LogP) is 3.02. The molecule has 0 saturated heterocycles. The van der Waals surface area contributed by atoms with Gasteiger partial charge in [-0.05, 0) is 63.5 Å². The molecule has 3 rings (SSSR count). The van der Waals surface area contributed by atoms with Crippen molar-refractivity contribution < 1.29 is 14.3 Å². The Kier molecular flexibility index (Phi) is 5.20. The molecule has 0 atom stereocenters. The normalized spacial score (nSPS) is 23.2. The fourth-order valence-corrected chi connectivity index (χ4v) is 4.50. The summed E-state index contributed by atoms with van der Waals surface area (Å²) in [7, 11) is 0. The predicted molar refractivity (Wildman–Crippen MR) is 90.0 cm³/mol. The highest BCUT2D eigenvalue weighted by molar-refractivity contribution is 7.14. The van der Waals surface area contributed by atoms with Crippen LogP contribution in [0, 0.1) is 0 Å². The zero-order chi connectivity index (χ0) is 16.2. The van der Waals surface area contributed by atoms with Crippen LogP contribution in [0.4, 0.5) is 4.79 Å². The molecule has 23 heavy (non-hydrogen) atoms. The van der Waals surface area contributed by atoms with E-state index in [1.165, 1.54) is 16.9 Å². The van der Waals surface area contributed by atoms with Crippen molar-refractivity contribution in [3.05, 3.63) is 21.4 Å². The maximum atomic E-state index is 12.3. The third-order valence-corrected chi connectivity index (χ3v) is 5.79. The number of ether oxygens (including phenoxy) is 1. The Morgan fingerprint density at radius 3 is 2.74 bits per heavy atom. The lowest BCUT2D eigenvalue weighted by Gasteiger charge is -2.28. The molecule has 2 N–H and O–H groups in total. The molecule has 1 aromatic heterocycles. The van der Waals surface area contributed by atoms with Gasteiger partial charge in [-0.25, -0.2) is 9.59 Å². The summed E-state index contributed by atoms with van der Waals surface area (Å²) >= 11 is 1.59. The number of thiophene rings is 1. The minimum absolute atomic E-state index is 0.0215. The number of carbonyl (C=O) groups excluding carboxylic acids is 2. The molecule has 1 aromatic rings. The van der Waals surface area contributed by atoms with E-state index >= 15 is 0 Å². The Morgan fingerprint density at radius 1 is 1.26 bits per heavy atom. The molecule has 6 heteroatoms. The second kappa shape index (κ2) is 7.34. The molecule has 0 aliphatic heterocycles. The molecule has 0 spiro atoms. The maximum absolute atomic E-state index is 12.3. The number of urea groups is 1. The van der Waals surface area contributed by atoms with Crippen molar-refractivity contribution in [2.45, 2.75) is 64.0 Å². The highest BCUT2D eigenvalue weighted by atomic mass is 32.1. The van der Waals surface area contributed by atoms with Gasteiger partial charge in [0.25, 0.3) is 0 Å². The van der Waals surface area contributed by atoms with Gasteiger partial charge in [-0.3, -0.25) is 0 Å². The second-order valence-corrected chi connectivity index (χ2v) is 7.43. The number of hydrogen-bond donors (Lipinski definition) is 2. The molecule has 1 saturated carbocycles. The summed E-state index contributed by atoms with van der Waals surface area (Å²) in [6, 6.07) is 2.08. The number of fused-ring (bicyclic) bond motifs is 1. The van der Waals surface area contributed by atoms with Gasteiger partial charge in [0, 0.05) is 17.5 Å². The fraction of sp³-hybridized carbons (Fsp3) is 0.647. The van der Waals surface area contributed by atoms with Crippen LogP contribution in [0.2, 0.25) is 0 Å². The van der Waals surface area contributed by atoms with E-state index in [-0.39, 0.29) is 24.1 Å². The molecule has 2 amide bonds. The number of rotatable bonds is 4. The van der Waals surface area contributed by atoms with Gasteiger partial charge in [0.1, 0.15) is 11.0 Å². The summed E-state index contributed by atoms with van der Waals surface area (Å²) in [5, 5.41) is 5.71.